The van der Waals surface area contributed by atoms with Crippen LogP contribution < -0.4 is 5.32 Å². The number of aromatic nitrogens is 3. The molecule has 5 rings (SSSR count). The van der Waals surface area contributed by atoms with Crippen LogP contribution in [-0.2, 0) is 0 Å². The maximum Gasteiger partial charge on any atom is 0.183 e. The van der Waals surface area contributed by atoms with Gasteiger partial charge in [-0.05, 0) is 68.7 Å². The predicted octanol–water partition coefficient (Wildman–Crippen LogP) is 2.70. The highest BCUT2D eigenvalue weighted by Crippen LogP contribution is 2.61. The molecule has 4 nitrogen and oxygen atoms in total. The molecule has 4 saturated carbocycles. The number of hydrogen-bond acceptors (Lipinski definition) is 4. The Bertz CT molecular complexity index is 423. The van der Waals surface area contributed by atoms with Gasteiger partial charge in [0, 0.05) is 11.8 Å². The minimum Gasteiger partial charge on any atom is -0.316 e. The lowest BCUT2D eigenvalue weighted by atomic mass is 9.48. The van der Waals surface area contributed by atoms with Crippen LogP contribution in [-0.4, -0.2) is 34.0 Å². The highest BCUT2D eigenvalue weighted by molar-refractivity contribution is 7.99. The summed E-state index contributed by atoms with van der Waals surface area (Å²) in [6, 6.07) is 0.617. The van der Waals surface area contributed by atoms with E-state index in [1.165, 1.54) is 38.5 Å². The SMILES string of the molecule is CNC(CSc1ncn[nH]1)C12CC3CC(CC(C3)C1)C2. The van der Waals surface area contributed by atoms with Gasteiger partial charge in [0.15, 0.2) is 5.16 Å². The minimum absolute atomic E-state index is 0.566. The van der Waals surface area contributed by atoms with Crippen molar-refractivity contribution in [1.29, 1.82) is 0 Å². The summed E-state index contributed by atoms with van der Waals surface area (Å²) in [5.74, 6) is 4.17. The fraction of sp³-hybridized carbons (Fsp3) is 0.867. The van der Waals surface area contributed by atoms with Crippen LogP contribution in [0.1, 0.15) is 38.5 Å². The second kappa shape index (κ2) is 5.02. The molecule has 4 fully saturated rings. The van der Waals surface area contributed by atoms with Crippen molar-refractivity contribution >= 4 is 11.8 Å². The van der Waals surface area contributed by atoms with Gasteiger partial charge in [-0.2, -0.15) is 5.10 Å². The summed E-state index contributed by atoms with van der Waals surface area (Å²) >= 11 is 1.82. The van der Waals surface area contributed by atoms with E-state index < -0.39 is 0 Å². The Morgan fingerprint density at radius 1 is 1.30 bits per heavy atom. The zero-order valence-electron chi connectivity index (χ0n) is 12.1. The van der Waals surface area contributed by atoms with Crippen molar-refractivity contribution < 1.29 is 0 Å². The van der Waals surface area contributed by atoms with E-state index in [1.54, 1.807) is 6.33 Å². The lowest BCUT2D eigenvalue weighted by Crippen LogP contribution is -2.56. The lowest BCUT2D eigenvalue weighted by Gasteiger charge is -2.59. The molecule has 0 aliphatic heterocycles. The average Bonchev–Trinajstić information content (AvgIpc) is 2.90. The van der Waals surface area contributed by atoms with Gasteiger partial charge in [-0.15, -0.1) is 0 Å². The third-order valence-electron chi connectivity index (χ3n) is 5.95. The second-order valence-corrected chi connectivity index (χ2v) is 8.23. The fourth-order valence-corrected chi connectivity index (χ4v) is 6.68. The summed E-state index contributed by atoms with van der Waals surface area (Å²) in [6.07, 6.45) is 10.5. The van der Waals surface area contributed by atoms with Gasteiger partial charge in [0.1, 0.15) is 6.33 Å². The maximum atomic E-state index is 4.24. The van der Waals surface area contributed by atoms with E-state index >= 15 is 0 Å². The van der Waals surface area contributed by atoms with E-state index in [9.17, 15) is 0 Å². The van der Waals surface area contributed by atoms with Gasteiger partial charge >= 0.3 is 0 Å². The molecular weight excluding hydrogens is 268 g/mol. The van der Waals surface area contributed by atoms with E-state index in [1.807, 2.05) is 11.8 Å². The zero-order valence-corrected chi connectivity index (χ0v) is 13.0. The van der Waals surface area contributed by atoms with Crippen LogP contribution in [0.2, 0.25) is 0 Å². The van der Waals surface area contributed by atoms with Crippen LogP contribution in [0.3, 0.4) is 0 Å². The predicted molar refractivity (Wildman–Crippen MR) is 80.6 cm³/mol. The summed E-state index contributed by atoms with van der Waals surface area (Å²) in [5.41, 5.74) is 0.566. The van der Waals surface area contributed by atoms with Gasteiger partial charge in [-0.1, -0.05) is 11.8 Å². The van der Waals surface area contributed by atoms with E-state index in [4.69, 9.17) is 0 Å². The topological polar surface area (TPSA) is 53.6 Å². The molecule has 20 heavy (non-hydrogen) atoms. The fourth-order valence-electron chi connectivity index (χ4n) is 5.60. The number of thioether (sulfide) groups is 1. The monoisotopic (exact) mass is 292 g/mol. The quantitative estimate of drug-likeness (QED) is 0.819. The van der Waals surface area contributed by atoms with Crippen LogP contribution >= 0.6 is 11.8 Å². The van der Waals surface area contributed by atoms with Crippen LogP contribution in [0.4, 0.5) is 0 Å². The van der Waals surface area contributed by atoms with Crippen LogP contribution in [0.25, 0.3) is 0 Å². The third-order valence-corrected chi connectivity index (χ3v) is 6.92. The van der Waals surface area contributed by atoms with Crippen molar-refractivity contribution in [3.8, 4) is 0 Å². The third kappa shape index (κ3) is 2.19. The van der Waals surface area contributed by atoms with Crippen molar-refractivity contribution in [3.63, 3.8) is 0 Å². The van der Waals surface area contributed by atoms with E-state index in [-0.39, 0.29) is 0 Å². The summed E-state index contributed by atoms with van der Waals surface area (Å²) < 4.78 is 0. The molecule has 0 radical (unpaired) electrons. The Morgan fingerprint density at radius 3 is 2.45 bits per heavy atom. The van der Waals surface area contributed by atoms with Crippen LogP contribution in [0.15, 0.2) is 11.5 Å². The molecule has 0 saturated heterocycles. The molecular formula is C15H24N4S. The van der Waals surface area contributed by atoms with E-state index in [0.29, 0.717) is 11.5 Å². The van der Waals surface area contributed by atoms with E-state index in [2.05, 4.69) is 27.5 Å². The molecule has 1 atom stereocenters. The Kier molecular flexibility index (Phi) is 3.30. The summed E-state index contributed by atoms with van der Waals surface area (Å²) in [4.78, 5) is 4.24. The number of nitrogens with zero attached hydrogens (tertiary/aromatic N) is 2. The molecule has 4 bridgehead atoms. The first-order valence-corrected chi connectivity index (χ1v) is 8.91. The van der Waals surface area contributed by atoms with Gasteiger partial charge < -0.3 is 5.32 Å². The second-order valence-electron chi connectivity index (χ2n) is 7.22. The molecule has 5 heteroatoms. The molecule has 0 aromatic carbocycles. The average molecular weight is 292 g/mol. The Labute approximate surface area is 124 Å². The molecule has 0 amide bonds. The Balaban J connectivity index is 1.49. The molecule has 0 spiro atoms. The molecule has 2 N–H and O–H groups in total. The molecule has 4 aliphatic carbocycles. The largest absolute Gasteiger partial charge is 0.316 e. The molecule has 1 unspecified atom stereocenters. The first-order chi connectivity index (χ1) is 9.77. The molecule has 1 heterocycles. The molecule has 4 aliphatic rings. The Hall–Kier alpha value is -0.550. The van der Waals surface area contributed by atoms with E-state index in [0.717, 1.165) is 28.7 Å². The van der Waals surface area contributed by atoms with Gasteiger partial charge in [-0.3, -0.25) is 5.10 Å². The summed E-state index contributed by atoms with van der Waals surface area (Å²) in [5, 5.41) is 11.5. The Morgan fingerprint density at radius 2 is 1.95 bits per heavy atom. The zero-order chi connectivity index (χ0) is 13.6. The van der Waals surface area contributed by atoms with Crippen molar-refractivity contribution in [2.45, 2.75) is 49.7 Å². The highest BCUT2D eigenvalue weighted by Gasteiger charge is 2.53. The minimum atomic E-state index is 0.566. The lowest BCUT2D eigenvalue weighted by molar-refractivity contribution is -0.0682. The van der Waals surface area contributed by atoms with Crippen LogP contribution in [0, 0.1) is 23.2 Å². The van der Waals surface area contributed by atoms with Gasteiger partial charge in [0.05, 0.1) is 0 Å². The number of rotatable bonds is 5. The first kappa shape index (κ1) is 13.1. The van der Waals surface area contributed by atoms with Crippen molar-refractivity contribution in [1.82, 2.24) is 20.5 Å². The molecule has 1 aromatic heterocycles. The highest BCUT2D eigenvalue weighted by atomic mass is 32.2. The summed E-state index contributed by atoms with van der Waals surface area (Å²) in [6.45, 7) is 0. The van der Waals surface area contributed by atoms with Gasteiger partial charge in [0.2, 0.25) is 0 Å². The van der Waals surface area contributed by atoms with Crippen molar-refractivity contribution in [2.24, 2.45) is 23.2 Å². The first-order valence-electron chi connectivity index (χ1n) is 7.93. The number of nitrogens with one attached hydrogen (secondary N) is 2. The van der Waals surface area contributed by atoms with Crippen molar-refractivity contribution in [2.75, 3.05) is 12.8 Å². The van der Waals surface area contributed by atoms with Crippen molar-refractivity contribution in [3.05, 3.63) is 6.33 Å². The maximum absolute atomic E-state index is 4.24. The number of H-pyrrole nitrogens is 1. The van der Waals surface area contributed by atoms with Crippen LogP contribution in [0.5, 0.6) is 0 Å². The van der Waals surface area contributed by atoms with Gasteiger partial charge in [-0.25, -0.2) is 4.98 Å². The summed E-state index contributed by atoms with van der Waals surface area (Å²) in [7, 11) is 2.14. The number of aromatic amines is 1. The normalized spacial score (nSPS) is 40.1. The molecule has 1 aromatic rings. The number of hydrogen-bond donors (Lipinski definition) is 2. The van der Waals surface area contributed by atoms with Gasteiger partial charge in [0.25, 0.3) is 0 Å². The molecule has 110 valence electrons. The standard InChI is InChI=1S/C15H24N4S/c1-16-13(8-20-14-17-9-18-19-14)15-5-10-2-11(6-15)4-12(3-10)7-15/h9-13,16H,2-8H2,1H3,(H,17,18,19). The smallest absolute Gasteiger partial charge is 0.183 e.